The molecule has 4 heteroatoms. The average molecular weight is 261 g/mol. The number of nitrogens with one attached hydrogen (secondary N) is 1. The van der Waals surface area contributed by atoms with Gasteiger partial charge >= 0.3 is 0 Å². The lowest BCUT2D eigenvalue weighted by atomic mass is 10.0. The van der Waals surface area contributed by atoms with Gasteiger partial charge in [-0.1, -0.05) is 6.07 Å². The second-order valence-electron chi connectivity index (χ2n) is 5.33. The van der Waals surface area contributed by atoms with Crippen molar-refractivity contribution in [2.45, 2.75) is 26.7 Å². The number of hydrogen-bond acceptors (Lipinski definition) is 3. The van der Waals surface area contributed by atoms with E-state index in [1.54, 1.807) is 6.07 Å². The molecule has 1 aromatic carbocycles. The smallest absolute Gasteiger partial charge is 0.251 e. The number of anilines is 1. The molecule has 1 saturated heterocycles. The molecule has 0 radical (unpaired) electrons. The van der Waals surface area contributed by atoms with Crippen LogP contribution < -0.4 is 11.1 Å². The number of rotatable bonds is 4. The van der Waals surface area contributed by atoms with Gasteiger partial charge < -0.3 is 16.0 Å². The molecule has 0 aromatic heterocycles. The van der Waals surface area contributed by atoms with Gasteiger partial charge in [0.2, 0.25) is 0 Å². The van der Waals surface area contributed by atoms with Crippen LogP contribution in [0.2, 0.25) is 0 Å². The zero-order valence-electron chi connectivity index (χ0n) is 11.8. The molecule has 1 heterocycles. The second-order valence-corrected chi connectivity index (χ2v) is 5.33. The molecule has 1 amide bonds. The van der Waals surface area contributed by atoms with Gasteiger partial charge in [0.25, 0.3) is 5.91 Å². The highest BCUT2D eigenvalue weighted by atomic mass is 16.1. The maximum absolute atomic E-state index is 12.1. The molecule has 3 N–H and O–H groups in total. The second kappa shape index (κ2) is 6.06. The third-order valence-corrected chi connectivity index (χ3v) is 3.77. The zero-order chi connectivity index (χ0) is 13.8. The van der Waals surface area contributed by atoms with E-state index in [9.17, 15) is 4.79 Å². The molecule has 0 atom stereocenters. The van der Waals surface area contributed by atoms with Crippen molar-refractivity contribution in [3.05, 3.63) is 28.8 Å². The van der Waals surface area contributed by atoms with Crippen LogP contribution in [0.5, 0.6) is 0 Å². The van der Waals surface area contributed by atoms with E-state index in [4.69, 9.17) is 5.73 Å². The number of hydrogen-bond donors (Lipinski definition) is 2. The first-order chi connectivity index (χ1) is 9.08. The summed E-state index contributed by atoms with van der Waals surface area (Å²) in [7, 11) is 0. The van der Waals surface area contributed by atoms with Gasteiger partial charge in [0, 0.05) is 24.3 Å². The Kier molecular flexibility index (Phi) is 4.43. The third-order valence-electron chi connectivity index (χ3n) is 3.77. The number of aryl methyl sites for hydroxylation is 2. The summed E-state index contributed by atoms with van der Waals surface area (Å²) < 4.78 is 0. The fourth-order valence-electron chi connectivity index (χ4n) is 2.54. The zero-order valence-corrected chi connectivity index (χ0v) is 11.8. The summed E-state index contributed by atoms with van der Waals surface area (Å²) in [4.78, 5) is 14.5. The van der Waals surface area contributed by atoms with Crippen LogP contribution in [0.25, 0.3) is 0 Å². The van der Waals surface area contributed by atoms with Crippen molar-refractivity contribution in [2.75, 3.05) is 31.9 Å². The van der Waals surface area contributed by atoms with Crippen LogP contribution in [-0.2, 0) is 0 Å². The fourth-order valence-corrected chi connectivity index (χ4v) is 2.54. The van der Waals surface area contributed by atoms with Gasteiger partial charge in [-0.3, -0.25) is 4.79 Å². The van der Waals surface area contributed by atoms with Crippen molar-refractivity contribution in [1.82, 2.24) is 10.2 Å². The third kappa shape index (κ3) is 3.47. The number of likely N-dealkylation sites (tertiary alicyclic amines) is 1. The summed E-state index contributed by atoms with van der Waals surface area (Å²) in [5.41, 5.74) is 9.22. The van der Waals surface area contributed by atoms with Gasteiger partial charge in [0.05, 0.1) is 0 Å². The van der Waals surface area contributed by atoms with Crippen LogP contribution in [0.15, 0.2) is 12.1 Å². The van der Waals surface area contributed by atoms with Crippen molar-refractivity contribution < 1.29 is 4.79 Å². The molecule has 0 saturated carbocycles. The van der Waals surface area contributed by atoms with Gasteiger partial charge in [0.15, 0.2) is 0 Å². The molecule has 1 aliphatic heterocycles. The maximum Gasteiger partial charge on any atom is 0.251 e. The van der Waals surface area contributed by atoms with Crippen LogP contribution >= 0.6 is 0 Å². The Bertz CT molecular complexity index is 465. The Labute approximate surface area is 115 Å². The highest BCUT2D eigenvalue weighted by Crippen LogP contribution is 2.17. The number of nitrogens with two attached hydrogens (primary N) is 1. The highest BCUT2D eigenvalue weighted by Gasteiger charge is 2.13. The van der Waals surface area contributed by atoms with E-state index in [1.165, 1.54) is 12.8 Å². The Hall–Kier alpha value is -1.55. The molecule has 4 nitrogen and oxygen atoms in total. The maximum atomic E-state index is 12.1. The van der Waals surface area contributed by atoms with E-state index < -0.39 is 0 Å². The molecule has 104 valence electrons. The molecule has 1 aliphatic rings. The minimum Gasteiger partial charge on any atom is -0.398 e. The largest absolute Gasteiger partial charge is 0.398 e. The average Bonchev–Trinajstić information content (AvgIpc) is 2.86. The first kappa shape index (κ1) is 13.9. The molecule has 1 fully saturated rings. The van der Waals surface area contributed by atoms with E-state index in [1.807, 2.05) is 19.9 Å². The number of carbonyl (C=O) groups is 1. The van der Waals surface area contributed by atoms with E-state index >= 15 is 0 Å². The summed E-state index contributed by atoms with van der Waals surface area (Å²) in [6.07, 6.45) is 2.56. The quantitative estimate of drug-likeness (QED) is 0.811. The predicted octanol–water partition coefficient (Wildman–Crippen LogP) is 1.71. The highest BCUT2D eigenvalue weighted by molar-refractivity contribution is 5.96. The Balaban J connectivity index is 1.90. The summed E-state index contributed by atoms with van der Waals surface area (Å²) in [5.74, 6) is -0.0246. The van der Waals surface area contributed by atoms with Gasteiger partial charge in [-0.15, -0.1) is 0 Å². The fraction of sp³-hybridized carbons (Fsp3) is 0.533. The van der Waals surface area contributed by atoms with Gasteiger partial charge in [-0.2, -0.15) is 0 Å². The van der Waals surface area contributed by atoms with Crippen LogP contribution in [0.3, 0.4) is 0 Å². The summed E-state index contributed by atoms with van der Waals surface area (Å²) in [5, 5.41) is 2.98. The molecule has 0 unspecified atom stereocenters. The van der Waals surface area contributed by atoms with E-state index in [2.05, 4.69) is 10.2 Å². The van der Waals surface area contributed by atoms with E-state index in [0.29, 0.717) is 17.8 Å². The summed E-state index contributed by atoms with van der Waals surface area (Å²) >= 11 is 0. The van der Waals surface area contributed by atoms with Crippen molar-refractivity contribution in [2.24, 2.45) is 0 Å². The van der Waals surface area contributed by atoms with Crippen LogP contribution in [-0.4, -0.2) is 37.0 Å². The number of nitrogens with zero attached hydrogens (tertiary/aromatic N) is 1. The van der Waals surface area contributed by atoms with Crippen LogP contribution in [0.1, 0.15) is 34.3 Å². The monoisotopic (exact) mass is 261 g/mol. The number of nitrogen functional groups attached to an aromatic ring is 1. The normalized spacial score (nSPS) is 15.7. The molecule has 19 heavy (non-hydrogen) atoms. The number of carbonyl (C=O) groups excluding carboxylic acids is 1. The molecule has 2 rings (SSSR count). The number of benzene rings is 1. The van der Waals surface area contributed by atoms with Crippen LogP contribution in [0.4, 0.5) is 5.69 Å². The first-order valence-electron chi connectivity index (χ1n) is 6.95. The Morgan fingerprint density at radius 3 is 2.63 bits per heavy atom. The van der Waals surface area contributed by atoms with Crippen molar-refractivity contribution in [1.29, 1.82) is 0 Å². The van der Waals surface area contributed by atoms with E-state index in [0.717, 1.165) is 30.8 Å². The molecule has 0 aliphatic carbocycles. The molecule has 1 aromatic rings. The minimum absolute atomic E-state index is 0.0246. The summed E-state index contributed by atoms with van der Waals surface area (Å²) in [6.45, 7) is 7.86. The Morgan fingerprint density at radius 2 is 1.95 bits per heavy atom. The SMILES string of the molecule is Cc1cc(C)c(C(=O)NCCN2CCCC2)cc1N. The molecule has 0 spiro atoms. The van der Waals surface area contributed by atoms with Crippen molar-refractivity contribution in [3.63, 3.8) is 0 Å². The van der Waals surface area contributed by atoms with Crippen LogP contribution in [0, 0.1) is 13.8 Å². The lowest BCUT2D eigenvalue weighted by molar-refractivity contribution is 0.0949. The van der Waals surface area contributed by atoms with Crippen molar-refractivity contribution >= 4 is 11.6 Å². The molecular weight excluding hydrogens is 238 g/mol. The first-order valence-corrected chi connectivity index (χ1v) is 6.95. The lowest BCUT2D eigenvalue weighted by Gasteiger charge is -2.15. The van der Waals surface area contributed by atoms with Gasteiger partial charge in [-0.25, -0.2) is 0 Å². The van der Waals surface area contributed by atoms with Crippen molar-refractivity contribution in [3.8, 4) is 0 Å². The lowest BCUT2D eigenvalue weighted by Crippen LogP contribution is -2.33. The predicted molar refractivity (Wildman–Crippen MR) is 78.3 cm³/mol. The molecular formula is C15H23N3O. The van der Waals surface area contributed by atoms with Gasteiger partial charge in [-0.05, 0) is 57.0 Å². The van der Waals surface area contributed by atoms with E-state index in [-0.39, 0.29) is 5.91 Å². The topological polar surface area (TPSA) is 58.4 Å². The molecule has 0 bridgehead atoms. The standard InChI is InChI=1S/C15H23N3O/c1-11-9-12(2)14(16)10-13(11)15(19)17-5-8-18-6-3-4-7-18/h9-10H,3-8,16H2,1-2H3,(H,17,19). The Morgan fingerprint density at radius 1 is 1.26 bits per heavy atom. The summed E-state index contributed by atoms with van der Waals surface area (Å²) in [6, 6.07) is 3.74. The number of amides is 1. The van der Waals surface area contributed by atoms with Gasteiger partial charge in [0.1, 0.15) is 0 Å². The minimum atomic E-state index is -0.0246.